The van der Waals surface area contributed by atoms with E-state index in [0.29, 0.717) is 16.9 Å². The highest BCUT2D eigenvalue weighted by molar-refractivity contribution is 7.99. The first-order valence-electron chi connectivity index (χ1n) is 7.47. The van der Waals surface area contributed by atoms with Crippen molar-refractivity contribution in [3.05, 3.63) is 71.0 Å². The predicted molar refractivity (Wildman–Crippen MR) is 90.4 cm³/mol. The van der Waals surface area contributed by atoms with Crippen LogP contribution in [0.3, 0.4) is 0 Å². The Labute approximate surface area is 143 Å². The first-order valence-corrected chi connectivity index (χ1v) is 8.52. The predicted octanol–water partition coefficient (Wildman–Crippen LogP) is 3.48. The van der Waals surface area contributed by atoms with E-state index in [9.17, 15) is 19.1 Å². The van der Waals surface area contributed by atoms with Crippen LogP contribution in [-0.2, 0) is 4.79 Å². The highest BCUT2D eigenvalue weighted by atomic mass is 32.2. The van der Waals surface area contributed by atoms with Crippen LogP contribution < -0.4 is 0 Å². The van der Waals surface area contributed by atoms with Crippen molar-refractivity contribution < 1.29 is 19.1 Å². The number of aliphatic carboxylic acids is 1. The number of benzene rings is 2. The minimum absolute atomic E-state index is 0.301. The first kappa shape index (κ1) is 16.5. The second kappa shape index (κ2) is 6.65. The SMILES string of the molecule is Cc1ccccc1C(=O)N1C(C(=O)O)CSC1c1ccc(F)cc1. The average molecular weight is 345 g/mol. The summed E-state index contributed by atoms with van der Waals surface area (Å²) >= 11 is 1.38. The van der Waals surface area contributed by atoms with E-state index in [0.717, 1.165) is 5.56 Å². The van der Waals surface area contributed by atoms with Crippen molar-refractivity contribution in [1.29, 1.82) is 0 Å². The van der Waals surface area contributed by atoms with Crippen molar-refractivity contribution in [3.63, 3.8) is 0 Å². The minimum atomic E-state index is -1.03. The first-order chi connectivity index (χ1) is 11.5. The summed E-state index contributed by atoms with van der Waals surface area (Å²) in [5, 5.41) is 9.04. The molecule has 1 amide bonds. The summed E-state index contributed by atoms with van der Waals surface area (Å²) in [4.78, 5) is 26.0. The molecule has 3 rings (SSSR count). The molecule has 1 aliphatic heterocycles. The molecule has 1 aliphatic rings. The van der Waals surface area contributed by atoms with E-state index in [1.54, 1.807) is 24.3 Å². The molecule has 1 saturated heterocycles. The maximum atomic E-state index is 13.2. The monoisotopic (exact) mass is 345 g/mol. The summed E-state index contributed by atoms with van der Waals surface area (Å²) in [6.45, 7) is 1.82. The lowest BCUT2D eigenvalue weighted by atomic mass is 10.1. The molecule has 2 aromatic rings. The fourth-order valence-electron chi connectivity index (χ4n) is 2.78. The van der Waals surface area contributed by atoms with Gasteiger partial charge in [0.1, 0.15) is 17.2 Å². The van der Waals surface area contributed by atoms with Crippen LogP contribution in [0.15, 0.2) is 48.5 Å². The topological polar surface area (TPSA) is 57.6 Å². The van der Waals surface area contributed by atoms with Gasteiger partial charge < -0.3 is 10.0 Å². The van der Waals surface area contributed by atoms with Gasteiger partial charge in [-0.05, 0) is 36.2 Å². The maximum Gasteiger partial charge on any atom is 0.327 e. The van der Waals surface area contributed by atoms with E-state index in [-0.39, 0.29) is 11.7 Å². The van der Waals surface area contributed by atoms with Gasteiger partial charge in [0, 0.05) is 11.3 Å². The Kier molecular flexibility index (Phi) is 4.57. The molecule has 2 unspecified atom stereocenters. The Morgan fingerprint density at radius 3 is 2.46 bits per heavy atom. The molecule has 1 heterocycles. The van der Waals surface area contributed by atoms with Crippen LogP contribution in [0.1, 0.15) is 26.9 Å². The second-order valence-electron chi connectivity index (χ2n) is 5.62. The molecule has 2 atom stereocenters. The zero-order valence-corrected chi connectivity index (χ0v) is 13.8. The summed E-state index contributed by atoms with van der Waals surface area (Å²) in [5.74, 6) is -1.42. The van der Waals surface area contributed by atoms with Gasteiger partial charge in [0.05, 0.1) is 0 Å². The number of aryl methyl sites for hydroxylation is 1. The molecule has 0 bridgehead atoms. The van der Waals surface area contributed by atoms with Crippen LogP contribution >= 0.6 is 11.8 Å². The molecule has 0 aromatic heterocycles. The zero-order valence-electron chi connectivity index (χ0n) is 13.0. The molecular formula is C18H16FNO3S. The van der Waals surface area contributed by atoms with E-state index in [4.69, 9.17) is 0 Å². The number of hydrogen-bond donors (Lipinski definition) is 1. The van der Waals surface area contributed by atoms with Gasteiger partial charge in [0.25, 0.3) is 5.91 Å². The minimum Gasteiger partial charge on any atom is -0.480 e. The highest BCUT2D eigenvalue weighted by Gasteiger charge is 2.42. The van der Waals surface area contributed by atoms with Gasteiger partial charge in [-0.25, -0.2) is 9.18 Å². The third-order valence-corrected chi connectivity index (χ3v) is 5.37. The number of carbonyl (C=O) groups excluding carboxylic acids is 1. The Hall–Kier alpha value is -2.34. The summed E-state index contributed by atoms with van der Waals surface area (Å²) < 4.78 is 13.2. The fourth-order valence-corrected chi connectivity index (χ4v) is 4.20. The van der Waals surface area contributed by atoms with Crippen LogP contribution in [0.4, 0.5) is 4.39 Å². The van der Waals surface area contributed by atoms with E-state index in [1.807, 2.05) is 19.1 Å². The molecule has 24 heavy (non-hydrogen) atoms. The summed E-state index contributed by atoms with van der Waals surface area (Å²) in [6.07, 6.45) is 0. The lowest BCUT2D eigenvalue weighted by Gasteiger charge is -2.28. The van der Waals surface area contributed by atoms with Gasteiger partial charge in [0.15, 0.2) is 0 Å². The van der Waals surface area contributed by atoms with Crippen molar-refractivity contribution in [2.75, 3.05) is 5.75 Å². The lowest BCUT2D eigenvalue weighted by Crippen LogP contribution is -2.43. The molecule has 1 N–H and O–H groups in total. The number of amides is 1. The number of carboxylic acids is 1. The molecule has 0 aliphatic carbocycles. The van der Waals surface area contributed by atoms with Crippen LogP contribution in [-0.4, -0.2) is 33.7 Å². The van der Waals surface area contributed by atoms with Gasteiger partial charge in [0.2, 0.25) is 0 Å². The third kappa shape index (κ3) is 3.01. The molecular weight excluding hydrogens is 329 g/mol. The van der Waals surface area contributed by atoms with Crippen LogP contribution in [0, 0.1) is 12.7 Å². The number of hydrogen-bond acceptors (Lipinski definition) is 3. The van der Waals surface area contributed by atoms with Crippen LogP contribution in [0.25, 0.3) is 0 Å². The largest absolute Gasteiger partial charge is 0.480 e. The number of halogens is 1. The van der Waals surface area contributed by atoms with E-state index in [2.05, 4.69) is 0 Å². The number of rotatable bonds is 3. The molecule has 124 valence electrons. The van der Waals surface area contributed by atoms with Gasteiger partial charge in [-0.3, -0.25) is 4.79 Å². The van der Waals surface area contributed by atoms with Gasteiger partial charge >= 0.3 is 5.97 Å². The average Bonchev–Trinajstić information content (AvgIpc) is 3.00. The van der Waals surface area contributed by atoms with Crippen LogP contribution in [0.5, 0.6) is 0 Å². The molecule has 0 saturated carbocycles. The van der Waals surface area contributed by atoms with Crippen molar-refractivity contribution in [2.45, 2.75) is 18.3 Å². The van der Waals surface area contributed by atoms with E-state index < -0.39 is 17.4 Å². The van der Waals surface area contributed by atoms with Crippen molar-refractivity contribution in [3.8, 4) is 0 Å². The fraction of sp³-hybridized carbons (Fsp3) is 0.222. The maximum absolute atomic E-state index is 13.2. The van der Waals surface area contributed by atoms with Crippen LogP contribution in [0.2, 0.25) is 0 Å². The van der Waals surface area contributed by atoms with Gasteiger partial charge in [-0.2, -0.15) is 0 Å². The van der Waals surface area contributed by atoms with Gasteiger partial charge in [-0.1, -0.05) is 30.3 Å². The summed E-state index contributed by atoms with van der Waals surface area (Å²) in [6, 6.07) is 12.0. The molecule has 1 fully saturated rings. The summed E-state index contributed by atoms with van der Waals surface area (Å²) in [7, 11) is 0. The Morgan fingerprint density at radius 2 is 1.83 bits per heavy atom. The quantitative estimate of drug-likeness (QED) is 0.925. The number of carbonyl (C=O) groups is 2. The normalized spacial score (nSPS) is 20.2. The second-order valence-corrected chi connectivity index (χ2v) is 6.73. The smallest absolute Gasteiger partial charge is 0.327 e. The summed E-state index contributed by atoms with van der Waals surface area (Å²) in [5.41, 5.74) is 1.99. The molecule has 0 radical (unpaired) electrons. The molecule has 4 nitrogen and oxygen atoms in total. The standard InChI is InChI=1S/C18H16FNO3S/c1-11-4-2-3-5-14(11)16(21)20-15(18(22)23)10-24-17(20)12-6-8-13(19)9-7-12/h2-9,15,17H,10H2,1H3,(H,22,23). The molecule has 2 aromatic carbocycles. The molecule has 6 heteroatoms. The Morgan fingerprint density at radius 1 is 1.17 bits per heavy atom. The molecule has 0 spiro atoms. The number of carboxylic acid groups (broad SMARTS) is 1. The van der Waals surface area contributed by atoms with Crippen molar-refractivity contribution in [2.24, 2.45) is 0 Å². The van der Waals surface area contributed by atoms with Crippen molar-refractivity contribution in [1.82, 2.24) is 4.90 Å². The Balaban J connectivity index is 2.01. The van der Waals surface area contributed by atoms with Crippen molar-refractivity contribution >= 4 is 23.6 Å². The number of thioether (sulfide) groups is 1. The van der Waals surface area contributed by atoms with Gasteiger partial charge in [-0.15, -0.1) is 11.8 Å². The third-order valence-electron chi connectivity index (χ3n) is 4.05. The zero-order chi connectivity index (χ0) is 17.3. The van der Waals surface area contributed by atoms with E-state index >= 15 is 0 Å². The van der Waals surface area contributed by atoms with E-state index in [1.165, 1.54) is 28.8 Å². The lowest BCUT2D eigenvalue weighted by molar-refractivity contribution is -0.141. The Bertz CT molecular complexity index is 778. The number of nitrogens with zero attached hydrogens (tertiary/aromatic N) is 1. The highest BCUT2D eigenvalue weighted by Crippen LogP contribution is 2.42.